The average Bonchev–Trinajstić information content (AvgIpc) is 2.71. The van der Waals surface area contributed by atoms with Crippen LogP contribution in [0.4, 0.5) is 4.79 Å². The smallest absolute Gasteiger partial charge is 0.320 e. The van der Waals surface area contributed by atoms with Crippen molar-refractivity contribution in [1.29, 1.82) is 0 Å². The number of amides is 2. The topological polar surface area (TPSA) is 26.8 Å². The molecule has 0 aromatic heterocycles. The van der Waals surface area contributed by atoms with E-state index < -0.39 is 0 Å². The molecule has 0 unspecified atom stereocenters. The number of hydrogen-bond acceptors (Lipinski definition) is 2. The first-order chi connectivity index (χ1) is 12.7. The van der Waals surface area contributed by atoms with Crippen LogP contribution in [0.15, 0.2) is 60.7 Å². The molecular formula is C22H29N3O. The zero-order valence-electron chi connectivity index (χ0n) is 15.8. The summed E-state index contributed by atoms with van der Waals surface area (Å²) >= 11 is 0. The fraction of sp³-hybridized carbons (Fsp3) is 0.409. The summed E-state index contributed by atoms with van der Waals surface area (Å²) in [6, 6.07) is 21.7. The number of rotatable bonds is 5. The molecule has 0 bridgehead atoms. The minimum absolute atomic E-state index is 0.172. The summed E-state index contributed by atoms with van der Waals surface area (Å²) in [6.07, 6.45) is 0. The van der Waals surface area contributed by atoms with Gasteiger partial charge in [0, 0.05) is 39.3 Å². The summed E-state index contributed by atoms with van der Waals surface area (Å²) in [5.41, 5.74) is 2.62. The van der Waals surface area contributed by atoms with E-state index in [1.165, 1.54) is 11.1 Å². The summed E-state index contributed by atoms with van der Waals surface area (Å²) in [5.74, 6) is 0. The molecule has 0 atom stereocenters. The van der Waals surface area contributed by atoms with E-state index in [9.17, 15) is 4.79 Å². The molecule has 1 aliphatic heterocycles. The Morgan fingerprint density at radius 3 is 1.73 bits per heavy atom. The van der Waals surface area contributed by atoms with Gasteiger partial charge in [0.2, 0.25) is 0 Å². The Labute approximate surface area is 157 Å². The quantitative estimate of drug-likeness (QED) is 0.818. The van der Waals surface area contributed by atoms with Crippen molar-refractivity contribution in [1.82, 2.24) is 14.7 Å². The highest BCUT2D eigenvalue weighted by molar-refractivity contribution is 5.74. The lowest BCUT2D eigenvalue weighted by Gasteiger charge is -2.41. The molecule has 1 fully saturated rings. The molecule has 0 saturated carbocycles. The second-order valence-electron chi connectivity index (χ2n) is 6.70. The fourth-order valence-corrected chi connectivity index (χ4v) is 3.75. The average molecular weight is 351 g/mol. The van der Waals surface area contributed by atoms with Crippen molar-refractivity contribution < 1.29 is 4.79 Å². The van der Waals surface area contributed by atoms with E-state index in [-0.39, 0.29) is 12.1 Å². The molecule has 4 heteroatoms. The van der Waals surface area contributed by atoms with Crippen LogP contribution in [-0.2, 0) is 0 Å². The number of carbonyl (C=O) groups is 1. The van der Waals surface area contributed by atoms with Crippen LogP contribution in [0.2, 0.25) is 0 Å². The molecule has 3 rings (SSSR count). The Kier molecular flexibility index (Phi) is 6.29. The lowest BCUT2D eigenvalue weighted by Crippen LogP contribution is -2.53. The Hall–Kier alpha value is -2.33. The van der Waals surface area contributed by atoms with Crippen LogP contribution in [0.5, 0.6) is 0 Å². The van der Waals surface area contributed by atoms with Crippen molar-refractivity contribution in [3.63, 3.8) is 0 Å². The van der Waals surface area contributed by atoms with E-state index in [0.29, 0.717) is 0 Å². The maximum absolute atomic E-state index is 12.6. The van der Waals surface area contributed by atoms with Gasteiger partial charge in [-0.2, -0.15) is 0 Å². The Morgan fingerprint density at radius 1 is 0.846 bits per heavy atom. The molecule has 4 nitrogen and oxygen atoms in total. The molecule has 2 aromatic rings. The van der Waals surface area contributed by atoms with Gasteiger partial charge >= 0.3 is 6.03 Å². The highest BCUT2D eigenvalue weighted by Gasteiger charge is 2.29. The Bertz CT molecular complexity index is 638. The predicted octanol–water partition coefficient (Wildman–Crippen LogP) is 3.86. The third-order valence-electron chi connectivity index (χ3n) is 5.21. The first-order valence-electron chi connectivity index (χ1n) is 9.62. The summed E-state index contributed by atoms with van der Waals surface area (Å²) < 4.78 is 0. The van der Waals surface area contributed by atoms with Crippen molar-refractivity contribution in [2.24, 2.45) is 0 Å². The van der Waals surface area contributed by atoms with Crippen molar-refractivity contribution in [2.75, 3.05) is 39.3 Å². The first-order valence-corrected chi connectivity index (χ1v) is 9.62. The van der Waals surface area contributed by atoms with E-state index in [0.717, 1.165) is 39.3 Å². The van der Waals surface area contributed by atoms with E-state index in [1.807, 2.05) is 23.6 Å². The highest BCUT2D eigenvalue weighted by Crippen LogP contribution is 2.29. The van der Waals surface area contributed by atoms with E-state index in [2.05, 4.69) is 65.6 Å². The van der Waals surface area contributed by atoms with Gasteiger partial charge in [-0.1, -0.05) is 60.7 Å². The molecule has 26 heavy (non-hydrogen) atoms. The molecule has 1 aliphatic rings. The first kappa shape index (κ1) is 18.5. The monoisotopic (exact) mass is 351 g/mol. The standard InChI is InChI=1S/C22H29N3O/c1-3-23(4-2)22(26)25-17-15-24(16-18-25)21(19-11-7-5-8-12-19)20-13-9-6-10-14-20/h5-14,21H,3-4,15-18H2,1-2H3. The van der Waals surface area contributed by atoms with Crippen LogP contribution in [-0.4, -0.2) is 60.0 Å². The van der Waals surface area contributed by atoms with Crippen LogP contribution in [0.1, 0.15) is 31.0 Å². The van der Waals surface area contributed by atoms with Crippen molar-refractivity contribution >= 4 is 6.03 Å². The minimum Gasteiger partial charge on any atom is -0.325 e. The molecule has 0 radical (unpaired) electrons. The zero-order chi connectivity index (χ0) is 18.4. The van der Waals surface area contributed by atoms with Crippen LogP contribution in [0, 0.1) is 0 Å². The third-order valence-corrected chi connectivity index (χ3v) is 5.21. The van der Waals surface area contributed by atoms with Crippen LogP contribution >= 0.6 is 0 Å². The molecule has 0 N–H and O–H groups in total. The second-order valence-corrected chi connectivity index (χ2v) is 6.70. The van der Waals surface area contributed by atoms with Gasteiger partial charge in [-0.15, -0.1) is 0 Å². The molecule has 0 spiro atoms. The molecule has 0 aliphatic carbocycles. The predicted molar refractivity (Wildman–Crippen MR) is 106 cm³/mol. The van der Waals surface area contributed by atoms with Gasteiger partial charge < -0.3 is 9.80 Å². The third kappa shape index (κ3) is 4.07. The lowest BCUT2D eigenvalue weighted by molar-refractivity contribution is 0.101. The Morgan fingerprint density at radius 2 is 1.31 bits per heavy atom. The Balaban J connectivity index is 1.75. The lowest BCUT2D eigenvalue weighted by atomic mass is 9.96. The fourth-order valence-electron chi connectivity index (χ4n) is 3.75. The number of urea groups is 1. The van der Waals surface area contributed by atoms with Gasteiger partial charge in [-0.3, -0.25) is 4.90 Å². The van der Waals surface area contributed by atoms with Gasteiger partial charge in [-0.05, 0) is 25.0 Å². The van der Waals surface area contributed by atoms with E-state index in [1.54, 1.807) is 0 Å². The van der Waals surface area contributed by atoms with Crippen LogP contribution in [0.3, 0.4) is 0 Å². The molecule has 138 valence electrons. The van der Waals surface area contributed by atoms with Crippen molar-refractivity contribution in [3.05, 3.63) is 71.8 Å². The normalized spacial score (nSPS) is 15.3. The largest absolute Gasteiger partial charge is 0.325 e. The molecule has 1 heterocycles. The highest BCUT2D eigenvalue weighted by atomic mass is 16.2. The summed E-state index contributed by atoms with van der Waals surface area (Å²) in [4.78, 5) is 19.0. The second kappa shape index (κ2) is 8.86. The summed E-state index contributed by atoms with van der Waals surface area (Å²) in [7, 11) is 0. The zero-order valence-corrected chi connectivity index (χ0v) is 15.8. The summed E-state index contributed by atoms with van der Waals surface area (Å²) in [5, 5.41) is 0. The minimum atomic E-state index is 0.172. The van der Waals surface area contributed by atoms with Crippen molar-refractivity contribution in [3.8, 4) is 0 Å². The van der Waals surface area contributed by atoms with Crippen molar-refractivity contribution in [2.45, 2.75) is 19.9 Å². The number of carbonyl (C=O) groups excluding carboxylic acids is 1. The van der Waals surface area contributed by atoms with Gasteiger partial charge in [0.15, 0.2) is 0 Å². The molecule has 2 amide bonds. The number of piperazine rings is 1. The number of nitrogens with zero attached hydrogens (tertiary/aromatic N) is 3. The van der Waals surface area contributed by atoms with E-state index >= 15 is 0 Å². The molecule has 2 aromatic carbocycles. The SMILES string of the molecule is CCN(CC)C(=O)N1CCN(C(c2ccccc2)c2ccccc2)CC1. The summed E-state index contributed by atoms with van der Waals surface area (Å²) in [6.45, 7) is 8.97. The number of benzene rings is 2. The van der Waals surface area contributed by atoms with Crippen LogP contribution in [0.25, 0.3) is 0 Å². The molecular weight excluding hydrogens is 322 g/mol. The maximum atomic E-state index is 12.6. The van der Waals surface area contributed by atoms with Crippen LogP contribution < -0.4 is 0 Å². The van der Waals surface area contributed by atoms with Gasteiger partial charge in [-0.25, -0.2) is 4.79 Å². The maximum Gasteiger partial charge on any atom is 0.320 e. The molecule has 1 saturated heterocycles. The van der Waals surface area contributed by atoms with E-state index in [4.69, 9.17) is 0 Å². The van der Waals surface area contributed by atoms with Gasteiger partial charge in [0.25, 0.3) is 0 Å². The van der Waals surface area contributed by atoms with Gasteiger partial charge in [0.1, 0.15) is 0 Å². The van der Waals surface area contributed by atoms with Gasteiger partial charge in [0.05, 0.1) is 6.04 Å². The number of hydrogen-bond donors (Lipinski definition) is 0.